The van der Waals surface area contributed by atoms with E-state index >= 15 is 0 Å². The van der Waals surface area contributed by atoms with Gasteiger partial charge in [-0.05, 0) is 50.4 Å². The molecular weight excluding hydrogens is 232 g/mol. The third-order valence-corrected chi connectivity index (χ3v) is 5.95. The lowest BCUT2D eigenvalue weighted by Gasteiger charge is -2.47. The van der Waals surface area contributed by atoms with E-state index in [1.807, 2.05) is 0 Å². The molecule has 3 fully saturated rings. The first-order valence-electron chi connectivity index (χ1n) is 8.80. The number of nitrogens with one attached hydrogen (secondary N) is 1. The molecule has 2 saturated carbocycles. The zero-order valence-electron chi connectivity index (χ0n) is 12.9. The van der Waals surface area contributed by atoms with E-state index in [2.05, 4.69) is 24.1 Å². The van der Waals surface area contributed by atoms with E-state index in [1.54, 1.807) is 0 Å². The van der Waals surface area contributed by atoms with E-state index in [0.29, 0.717) is 0 Å². The number of piperazine rings is 1. The van der Waals surface area contributed by atoms with Crippen molar-refractivity contribution in [1.82, 2.24) is 10.2 Å². The Morgan fingerprint density at radius 2 is 1.84 bits per heavy atom. The Bertz CT molecular complexity index is 287. The predicted octanol–water partition coefficient (Wildman–Crippen LogP) is 3.42. The standard InChI is InChI=1S/C17H32N2/c1-3-15-12-19(16(4-2)11-18-15)17-7-5-6-14(10-17)13-8-9-13/h13-18H,3-12H2,1-2H3. The topological polar surface area (TPSA) is 15.3 Å². The lowest BCUT2D eigenvalue weighted by molar-refractivity contribution is 0.0433. The smallest absolute Gasteiger partial charge is 0.0221 e. The van der Waals surface area contributed by atoms with Crippen molar-refractivity contribution >= 4 is 0 Å². The number of nitrogens with zero attached hydrogens (tertiary/aromatic N) is 1. The summed E-state index contributed by atoms with van der Waals surface area (Å²) in [6.07, 6.45) is 11.7. The molecule has 2 aliphatic carbocycles. The van der Waals surface area contributed by atoms with Crippen molar-refractivity contribution in [3.63, 3.8) is 0 Å². The van der Waals surface area contributed by atoms with Crippen molar-refractivity contribution in [2.75, 3.05) is 13.1 Å². The van der Waals surface area contributed by atoms with Crippen LogP contribution in [-0.2, 0) is 0 Å². The summed E-state index contributed by atoms with van der Waals surface area (Å²) in [4.78, 5) is 2.90. The summed E-state index contributed by atoms with van der Waals surface area (Å²) in [5.74, 6) is 2.19. The van der Waals surface area contributed by atoms with Gasteiger partial charge in [-0.2, -0.15) is 0 Å². The fourth-order valence-corrected chi connectivity index (χ4v) is 4.49. The highest BCUT2D eigenvalue weighted by molar-refractivity contribution is 4.94. The SMILES string of the molecule is CCC1CN(C2CCCC(C3CC3)C2)C(CC)CN1. The van der Waals surface area contributed by atoms with Crippen LogP contribution < -0.4 is 5.32 Å². The molecule has 1 saturated heterocycles. The fraction of sp³-hybridized carbons (Fsp3) is 1.00. The van der Waals surface area contributed by atoms with E-state index in [1.165, 1.54) is 64.5 Å². The quantitative estimate of drug-likeness (QED) is 0.837. The van der Waals surface area contributed by atoms with Gasteiger partial charge in [0.1, 0.15) is 0 Å². The van der Waals surface area contributed by atoms with Gasteiger partial charge in [0.25, 0.3) is 0 Å². The van der Waals surface area contributed by atoms with Gasteiger partial charge in [0.05, 0.1) is 0 Å². The second-order valence-corrected chi connectivity index (χ2v) is 7.19. The van der Waals surface area contributed by atoms with E-state index < -0.39 is 0 Å². The molecule has 0 spiro atoms. The van der Waals surface area contributed by atoms with Crippen LogP contribution in [0.5, 0.6) is 0 Å². The lowest BCUT2D eigenvalue weighted by atomic mass is 9.81. The molecule has 3 rings (SSSR count). The Morgan fingerprint density at radius 1 is 1.00 bits per heavy atom. The molecule has 2 heteroatoms. The molecule has 1 heterocycles. The van der Waals surface area contributed by atoms with Crippen molar-refractivity contribution in [2.24, 2.45) is 11.8 Å². The molecule has 0 radical (unpaired) electrons. The molecule has 0 amide bonds. The molecule has 2 nitrogen and oxygen atoms in total. The first-order chi connectivity index (χ1) is 9.31. The second-order valence-electron chi connectivity index (χ2n) is 7.19. The second kappa shape index (κ2) is 6.13. The third-order valence-electron chi connectivity index (χ3n) is 5.95. The average Bonchev–Trinajstić information content (AvgIpc) is 3.31. The van der Waals surface area contributed by atoms with Crippen LogP contribution in [0.1, 0.15) is 65.2 Å². The van der Waals surface area contributed by atoms with Crippen molar-refractivity contribution in [2.45, 2.75) is 83.3 Å². The summed E-state index contributed by atoms with van der Waals surface area (Å²) < 4.78 is 0. The molecule has 4 atom stereocenters. The minimum atomic E-state index is 0.740. The van der Waals surface area contributed by atoms with Crippen molar-refractivity contribution in [1.29, 1.82) is 0 Å². The maximum absolute atomic E-state index is 3.74. The van der Waals surface area contributed by atoms with Gasteiger partial charge >= 0.3 is 0 Å². The molecule has 0 aromatic carbocycles. The Balaban J connectivity index is 1.63. The number of hydrogen-bond acceptors (Lipinski definition) is 2. The van der Waals surface area contributed by atoms with Gasteiger partial charge in [-0.1, -0.05) is 26.7 Å². The summed E-state index contributed by atoms with van der Waals surface area (Å²) in [6.45, 7) is 7.22. The molecule has 0 aromatic heterocycles. The largest absolute Gasteiger partial charge is 0.311 e. The minimum absolute atomic E-state index is 0.740. The normalized spacial score (nSPS) is 41.4. The van der Waals surface area contributed by atoms with E-state index in [-0.39, 0.29) is 0 Å². The van der Waals surface area contributed by atoms with Crippen LogP contribution in [0.3, 0.4) is 0 Å². The van der Waals surface area contributed by atoms with Crippen LogP contribution in [0, 0.1) is 11.8 Å². The van der Waals surface area contributed by atoms with E-state index in [9.17, 15) is 0 Å². The zero-order valence-corrected chi connectivity index (χ0v) is 12.9. The van der Waals surface area contributed by atoms with Crippen molar-refractivity contribution < 1.29 is 0 Å². The lowest BCUT2D eigenvalue weighted by Crippen LogP contribution is -2.59. The Labute approximate surface area is 119 Å². The Hall–Kier alpha value is -0.0800. The summed E-state index contributed by atoms with van der Waals surface area (Å²) in [7, 11) is 0. The van der Waals surface area contributed by atoms with Crippen LogP contribution in [-0.4, -0.2) is 36.1 Å². The van der Waals surface area contributed by atoms with Gasteiger partial charge in [-0.15, -0.1) is 0 Å². The molecule has 19 heavy (non-hydrogen) atoms. The molecular formula is C17H32N2. The number of rotatable bonds is 4. The maximum Gasteiger partial charge on any atom is 0.0221 e. The highest BCUT2D eigenvalue weighted by Crippen LogP contribution is 2.45. The van der Waals surface area contributed by atoms with Crippen molar-refractivity contribution in [3.8, 4) is 0 Å². The summed E-state index contributed by atoms with van der Waals surface area (Å²) in [5, 5.41) is 3.74. The molecule has 0 aromatic rings. The van der Waals surface area contributed by atoms with Gasteiger partial charge in [-0.3, -0.25) is 4.90 Å². The van der Waals surface area contributed by atoms with Gasteiger partial charge in [-0.25, -0.2) is 0 Å². The number of hydrogen-bond donors (Lipinski definition) is 1. The van der Waals surface area contributed by atoms with E-state index in [0.717, 1.165) is 30.0 Å². The van der Waals surface area contributed by atoms with Crippen LogP contribution in [0.25, 0.3) is 0 Å². The highest BCUT2D eigenvalue weighted by Gasteiger charge is 2.38. The van der Waals surface area contributed by atoms with Crippen molar-refractivity contribution in [3.05, 3.63) is 0 Å². The molecule has 0 bridgehead atoms. The Morgan fingerprint density at radius 3 is 2.53 bits per heavy atom. The molecule has 1 aliphatic heterocycles. The van der Waals surface area contributed by atoms with Gasteiger partial charge in [0, 0.05) is 31.2 Å². The maximum atomic E-state index is 3.74. The van der Waals surface area contributed by atoms with Gasteiger partial charge < -0.3 is 5.32 Å². The van der Waals surface area contributed by atoms with E-state index in [4.69, 9.17) is 0 Å². The van der Waals surface area contributed by atoms with Gasteiger partial charge in [0.2, 0.25) is 0 Å². The highest BCUT2D eigenvalue weighted by atomic mass is 15.3. The monoisotopic (exact) mass is 264 g/mol. The Kier molecular flexibility index (Phi) is 4.48. The summed E-state index contributed by atoms with van der Waals surface area (Å²) in [6, 6.07) is 2.44. The summed E-state index contributed by atoms with van der Waals surface area (Å²) >= 11 is 0. The predicted molar refractivity (Wildman–Crippen MR) is 81.3 cm³/mol. The zero-order chi connectivity index (χ0) is 13.2. The molecule has 3 aliphatic rings. The first-order valence-corrected chi connectivity index (χ1v) is 8.80. The molecule has 110 valence electrons. The van der Waals surface area contributed by atoms with Crippen LogP contribution >= 0.6 is 0 Å². The minimum Gasteiger partial charge on any atom is -0.311 e. The third kappa shape index (κ3) is 3.16. The molecule has 1 N–H and O–H groups in total. The van der Waals surface area contributed by atoms with Crippen LogP contribution in [0.15, 0.2) is 0 Å². The summed E-state index contributed by atoms with van der Waals surface area (Å²) in [5.41, 5.74) is 0. The average molecular weight is 264 g/mol. The first kappa shape index (κ1) is 13.9. The van der Waals surface area contributed by atoms with Gasteiger partial charge in [0.15, 0.2) is 0 Å². The van der Waals surface area contributed by atoms with Crippen LogP contribution in [0.2, 0.25) is 0 Å². The fourth-order valence-electron chi connectivity index (χ4n) is 4.49. The molecule has 4 unspecified atom stereocenters. The van der Waals surface area contributed by atoms with Crippen LogP contribution in [0.4, 0.5) is 0 Å².